The average Bonchev–Trinajstić information content (AvgIpc) is 2.45. The molecule has 0 bridgehead atoms. The van der Waals surface area contributed by atoms with Gasteiger partial charge in [0.15, 0.2) is 9.84 Å². The second-order valence-corrected chi connectivity index (χ2v) is 6.66. The number of hydrogen-bond donors (Lipinski definition) is 2. The van der Waals surface area contributed by atoms with E-state index in [2.05, 4.69) is 5.32 Å². The van der Waals surface area contributed by atoms with Crippen LogP contribution in [0.4, 0.5) is 0 Å². The van der Waals surface area contributed by atoms with E-state index in [1.807, 2.05) is 0 Å². The number of benzene rings is 2. The third kappa shape index (κ3) is 4.06. The number of amides is 1. The molecule has 0 unspecified atom stereocenters. The van der Waals surface area contributed by atoms with Crippen molar-refractivity contribution < 1.29 is 18.3 Å². The van der Waals surface area contributed by atoms with Crippen LogP contribution in [0.1, 0.15) is 15.9 Å². The van der Waals surface area contributed by atoms with Crippen molar-refractivity contribution in [3.05, 3.63) is 59.7 Å². The van der Waals surface area contributed by atoms with Crippen LogP contribution in [0.5, 0.6) is 5.75 Å². The molecule has 0 aliphatic carbocycles. The fourth-order valence-electron chi connectivity index (χ4n) is 1.75. The maximum Gasteiger partial charge on any atom is 0.251 e. The standard InChI is InChI=1S/C15H15NO4S/c1-21(19,20)14-8-4-12(5-9-14)15(18)16-10-11-2-6-13(17)7-3-11/h2-9,17H,10H2,1H3,(H,16,18). The van der Waals surface area contributed by atoms with Crippen LogP contribution in [0.15, 0.2) is 53.4 Å². The Labute approximate surface area is 123 Å². The van der Waals surface area contributed by atoms with Gasteiger partial charge in [-0.05, 0) is 42.0 Å². The number of hydrogen-bond acceptors (Lipinski definition) is 4. The maximum absolute atomic E-state index is 11.9. The zero-order valence-electron chi connectivity index (χ0n) is 11.4. The van der Waals surface area contributed by atoms with E-state index in [1.54, 1.807) is 24.3 Å². The first-order valence-corrected chi connectivity index (χ1v) is 8.11. The molecule has 5 nitrogen and oxygen atoms in total. The molecule has 0 spiro atoms. The molecule has 0 saturated heterocycles. The predicted molar refractivity (Wildman–Crippen MR) is 78.8 cm³/mol. The first-order valence-electron chi connectivity index (χ1n) is 6.22. The second kappa shape index (κ2) is 5.97. The molecule has 0 radical (unpaired) electrons. The number of phenolic OH excluding ortho intramolecular Hbond substituents is 1. The smallest absolute Gasteiger partial charge is 0.251 e. The minimum atomic E-state index is -3.26. The summed E-state index contributed by atoms with van der Waals surface area (Å²) < 4.78 is 22.7. The quantitative estimate of drug-likeness (QED) is 0.901. The Bertz CT molecular complexity index is 734. The van der Waals surface area contributed by atoms with Gasteiger partial charge in [-0.2, -0.15) is 0 Å². The molecule has 0 aromatic heterocycles. The Kier molecular flexibility index (Phi) is 4.28. The first kappa shape index (κ1) is 15.1. The second-order valence-electron chi connectivity index (χ2n) is 4.65. The lowest BCUT2D eigenvalue weighted by molar-refractivity contribution is 0.0951. The molecular weight excluding hydrogens is 290 g/mol. The van der Waals surface area contributed by atoms with E-state index in [9.17, 15) is 13.2 Å². The summed E-state index contributed by atoms with van der Waals surface area (Å²) in [5.41, 5.74) is 1.25. The van der Waals surface area contributed by atoms with Crippen molar-refractivity contribution in [2.24, 2.45) is 0 Å². The van der Waals surface area contributed by atoms with Gasteiger partial charge in [0, 0.05) is 18.4 Å². The summed E-state index contributed by atoms with van der Waals surface area (Å²) >= 11 is 0. The van der Waals surface area contributed by atoms with Crippen molar-refractivity contribution in [3.8, 4) is 5.75 Å². The first-order chi connectivity index (χ1) is 9.86. The molecule has 0 fully saturated rings. The number of sulfone groups is 1. The highest BCUT2D eigenvalue weighted by Gasteiger charge is 2.09. The Morgan fingerprint density at radius 3 is 2.14 bits per heavy atom. The molecule has 6 heteroatoms. The molecule has 21 heavy (non-hydrogen) atoms. The number of phenols is 1. The predicted octanol–water partition coefficient (Wildman–Crippen LogP) is 1.73. The number of aromatic hydroxyl groups is 1. The van der Waals surface area contributed by atoms with Crippen LogP contribution < -0.4 is 5.32 Å². The zero-order valence-corrected chi connectivity index (χ0v) is 12.2. The van der Waals surface area contributed by atoms with Gasteiger partial charge < -0.3 is 10.4 Å². The highest BCUT2D eigenvalue weighted by Crippen LogP contribution is 2.11. The number of carbonyl (C=O) groups excluding carboxylic acids is 1. The van der Waals surface area contributed by atoms with Gasteiger partial charge in [-0.3, -0.25) is 4.79 Å². The van der Waals surface area contributed by atoms with Crippen molar-refractivity contribution in [2.45, 2.75) is 11.4 Å². The zero-order chi connectivity index (χ0) is 15.5. The number of carbonyl (C=O) groups is 1. The van der Waals surface area contributed by atoms with Crippen LogP contribution >= 0.6 is 0 Å². The van der Waals surface area contributed by atoms with E-state index in [0.717, 1.165) is 11.8 Å². The normalized spacial score (nSPS) is 11.1. The molecule has 2 rings (SSSR count). The minimum Gasteiger partial charge on any atom is -0.508 e. The SMILES string of the molecule is CS(=O)(=O)c1ccc(C(=O)NCc2ccc(O)cc2)cc1. The lowest BCUT2D eigenvalue weighted by Gasteiger charge is -2.06. The lowest BCUT2D eigenvalue weighted by atomic mass is 10.2. The fourth-order valence-corrected chi connectivity index (χ4v) is 2.38. The fraction of sp³-hybridized carbons (Fsp3) is 0.133. The van der Waals surface area contributed by atoms with Gasteiger partial charge >= 0.3 is 0 Å². The Morgan fingerprint density at radius 2 is 1.62 bits per heavy atom. The van der Waals surface area contributed by atoms with E-state index in [1.165, 1.54) is 24.3 Å². The third-order valence-corrected chi connectivity index (χ3v) is 4.06. The largest absolute Gasteiger partial charge is 0.508 e. The average molecular weight is 305 g/mol. The molecule has 0 atom stereocenters. The summed E-state index contributed by atoms with van der Waals surface area (Å²) in [6.07, 6.45) is 1.12. The van der Waals surface area contributed by atoms with Gasteiger partial charge in [-0.1, -0.05) is 12.1 Å². The van der Waals surface area contributed by atoms with Gasteiger partial charge in [-0.15, -0.1) is 0 Å². The summed E-state index contributed by atoms with van der Waals surface area (Å²) in [4.78, 5) is 12.1. The highest BCUT2D eigenvalue weighted by atomic mass is 32.2. The molecule has 0 heterocycles. The van der Waals surface area contributed by atoms with E-state index in [0.29, 0.717) is 12.1 Å². The Morgan fingerprint density at radius 1 is 1.05 bits per heavy atom. The Balaban J connectivity index is 2.02. The van der Waals surface area contributed by atoms with Crippen molar-refractivity contribution in [3.63, 3.8) is 0 Å². The summed E-state index contributed by atoms with van der Waals surface area (Å²) in [6.45, 7) is 0.326. The molecule has 0 aliphatic heterocycles. The van der Waals surface area contributed by atoms with Crippen LogP contribution in [-0.4, -0.2) is 25.7 Å². The van der Waals surface area contributed by atoms with Crippen LogP contribution in [0.25, 0.3) is 0 Å². The maximum atomic E-state index is 11.9. The van der Waals surface area contributed by atoms with Crippen molar-refractivity contribution in [1.29, 1.82) is 0 Å². The summed E-state index contributed by atoms with van der Waals surface area (Å²) in [5.74, 6) is -0.121. The van der Waals surface area contributed by atoms with E-state index in [-0.39, 0.29) is 16.6 Å². The van der Waals surface area contributed by atoms with Gasteiger partial charge in [0.2, 0.25) is 0 Å². The van der Waals surface area contributed by atoms with Crippen molar-refractivity contribution in [2.75, 3.05) is 6.26 Å². The molecule has 110 valence electrons. The summed E-state index contributed by atoms with van der Waals surface area (Å²) in [6, 6.07) is 12.3. The molecule has 2 N–H and O–H groups in total. The third-order valence-electron chi connectivity index (χ3n) is 2.93. The molecule has 1 amide bonds. The monoisotopic (exact) mass is 305 g/mol. The molecule has 2 aromatic rings. The summed E-state index contributed by atoms with van der Waals surface area (Å²) in [5, 5.41) is 11.9. The van der Waals surface area contributed by atoms with Gasteiger partial charge in [0.25, 0.3) is 5.91 Å². The Hall–Kier alpha value is -2.34. The lowest BCUT2D eigenvalue weighted by Crippen LogP contribution is -2.22. The van der Waals surface area contributed by atoms with Gasteiger partial charge in [0.05, 0.1) is 4.90 Å². The molecule has 0 aliphatic rings. The minimum absolute atomic E-state index is 0.168. The molecule has 2 aromatic carbocycles. The topological polar surface area (TPSA) is 83.5 Å². The number of rotatable bonds is 4. The number of nitrogens with one attached hydrogen (secondary N) is 1. The van der Waals surface area contributed by atoms with E-state index < -0.39 is 9.84 Å². The van der Waals surface area contributed by atoms with Crippen LogP contribution in [0, 0.1) is 0 Å². The van der Waals surface area contributed by atoms with Crippen LogP contribution in [0.2, 0.25) is 0 Å². The van der Waals surface area contributed by atoms with E-state index in [4.69, 9.17) is 5.11 Å². The molecular formula is C15H15NO4S. The van der Waals surface area contributed by atoms with Crippen molar-refractivity contribution >= 4 is 15.7 Å². The van der Waals surface area contributed by atoms with Crippen molar-refractivity contribution in [1.82, 2.24) is 5.32 Å². The highest BCUT2D eigenvalue weighted by molar-refractivity contribution is 7.90. The van der Waals surface area contributed by atoms with Gasteiger partial charge in [0.1, 0.15) is 5.75 Å². The van der Waals surface area contributed by atoms with E-state index >= 15 is 0 Å². The van der Waals surface area contributed by atoms with Crippen LogP contribution in [-0.2, 0) is 16.4 Å². The van der Waals surface area contributed by atoms with Gasteiger partial charge in [-0.25, -0.2) is 8.42 Å². The summed E-state index contributed by atoms with van der Waals surface area (Å²) in [7, 11) is -3.26. The van der Waals surface area contributed by atoms with Crippen LogP contribution in [0.3, 0.4) is 0 Å². The molecule has 0 saturated carbocycles.